The minimum Gasteiger partial charge on any atom is -0.461 e. The standard InChI is InChI=1S/C14H20N4O4S/c1-2-21-13(20)12(10-9-23-14(15)16-10)17-22-8-11(19)18-6-4-3-5-7-18/h9H,2-8H2,1H3,(H2,15,16)/b17-12+. The van der Waals surface area contributed by atoms with Crippen LogP contribution >= 0.6 is 11.3 Å². The van der Waals surface area contributed by atoms with Gasteiger partial charge in [0.25, 0.3) is 5.91 Å². The van der Waals surface area contributed by atoms with Crippen LogP contribution in [0.15, 0.2) is 10.5 Å². The molecule has 0 aromatic carbocycles. The highest BCUT2D eigenvalue weighted by Gasteiger charge is 2.21. The summed E-state index contributed by atoms with van der Waals surface area (Å²) in [7, 11) is 0. The number of carbonyl (C=O) groups is 2. The largest absolute Gasteiger partial charge is 0.461 e. The number of nitrogens with two attached hydrogens (primary N) is 1. The third-order valence-electron chi connectivity index (χ3n) is 3.29. The summed E-state index contributed by atoms with van der Waals surface area (Å²) in [5.74, 6) is -0.808. The van der Waals surface area contributed by atoms with Gasteiger partial charge in [0, 0.05) is 18.5 Å². The number of nitrogen functional groups attached to an aromatic ring is 1. The summed E-state index contributed by atoms with van der Waals surface area (Å²) in [4.78, 5) is 34.7. The average molecular weight is 340 g/mol. The fraction of sp³-hybridized carbons (Fsp3) is 0.571. The first-order chi connectivity index (χ1) is 11.1. The van der Waals surface area contributed by atoms with Crippen LogP contribution in [0.4, 0.5) is 5.13 Å². The Morgan fingerprint density at radius 2 is 2.13 bits per heavy atom. The fourth-order valence-corrected chi connectivity index (χ4v) is 2.72. The summed E-state index contributed by atoms with van der Waals surface area (Å²) < 4.78 is 4.92. The summed E-state index contributed by atoms with van der Waals surface area (Å²) in [6, 6.07) is 0. The molecule has 1 saturated heterocycles. The Balaban J connectivity index is 1.99. The molecule has 1 aromatic heterocycles. The second kappa shape index (κ2) is 8.47. The minimum atomic E-state index is -0.664. The number of esters is 1. The van der Waals surface area contributed by atoms with Crippen LogP contribution in [0.1, 0.15) is 31.9 Å². The monoisotopic (exact) mass is 340 g/mol. The van der Waals surface area contributed by atoms with E-state index in [9.17, 15) is 9.59 Å². The van der Waals surface area contributed by atoms with Crippen LogP contribution < -0.4 is 5.73 Å². The number of rotatable bonds is 6. The van der Waals surface area contributed by atoms with Crippen molar-refractivity contribution in [2.45, 2.75) is 26.2 Å². The zero-order valence-electron chi connectivity index (χ0n) is 13.0. The Bertz CT molecular complexity index is 581. The molecule has 0 unspecified atom stereocenters. The second-order valence-corrected chi connectivity index (χ2v) is 5.84. The first-order valence-corrected chi connectivity index (χ1v) is 8.36. The predicted molar refractivity (Wildman–Crippen MR) is 86.1 cm³/mol. The molecule has 1 aromatic rings. The molecule has 2 heterocycles. The van der Waals surface area contributed by atoms with E-state index in [1.54, 1.807) is 17.2 Å². The summed E-state index contributed by atoms with van der Waals surface area (Å²) in [6.45, 7) is 3.14. The summed E-state index contributed by atoms with van der Waals surface area (Å²) in [6.07, 6.45) is 3.14. The van der Waals surface area contributed by atoms with E-state index in [1.807, 2.05) is 0 Å². The summed E-state index contributed by atoms with van der Waals surface area (Å²) >= 11 is 1.18. The van der Waals surface area contributed by atoms with Gasteiger partial charge in [-0.1, -0.05) is 5.16 Å². The number of nitrogens with zero attached hydrogens (tertiary/aromatic N) is 3. The van der Waals surface area contributed by atoms with Gasteiger partial charge < -0.3 is 20.2 Å². The molecule has 1 aliphatic rings. The van der Waals surface area contributed by atoms with Crippen LogP contribution in [0.5, 0.6) is 0 Å². The number of thiazole rings is 1. The molecule has 0 atom stereocenters. The van der Waals surface area contributed by atoms with Gasteiger partial charge >= 0.3 is 5.97 Å². The number of piperidine rings is 1. The Kier molecular flexibility index (Phi) is 6.33. The van der Waals surface area contributed by atoms with Crippen LogP contribution in [-0.2, 0) is 19.2 Å². The molecule has 8 nitrogen and oxygen atoms in total. The molecular formula is C14H20N4O4S. The molecule has 1 fully saturated rings. The smallest absolute Gasteiger partial charge is 0.362 e. The number of likely N-dealkylation sites (tertiary alicyclic amines) is 1. The molecule has 2 rings (SSSR count). The third kappa shape index (κ3) is 4.92. The van der Waals surface area contributed by atoms with Crippen molar-refractivity contribution in [1.29, 1.82) is 0 Å². The van der Waals surface area contributed by atoms with Crippen molar-refractivity contribution in [2.75, 3.05) is 32.0 Å². The highest BCUT2D eigenvalue weighted by Crippen LogP contribution is 2.13. The molecule has 0 radical (unpaired) electrons. The Morgan fingerprint density at radius 3 is 2.74 bits per heavy atom. The highest BCUT2D eigenvalue weighted by atomic mass is 32.1. The molecule has 0 spiro atoms. The topological polar surface area (TPSA) is 107 Å². The molecule has 0 aliphatic carbocycles. The average Bonchev–Trinajstić information content (AvgIpc) is 2.98. The first-order valence-electron chi connectivity index (χ1n) is 7.48. The lowest BCUT2D eigenvalue weighted by Crippen LogP contribution is -2.37. The van der Waals surface area contributed by atoms with E-state index >= 15 is 0 Å². The Hall–Kier alpha value is -2.16. The van der Waals surface area contributed by atoms with Crippen molar-refractivity contribution < 1.29 is 19.2 Å². The van der Waals surface area contributed by atoms with E-state index in [0.717, 1.165) is 32.4 Å². The number of carbonyl (C=O) groups excluding carboxylic acids is 2. The van der Waals surface area contributed by atoms with Crippen molar-refractivity contribution in [3.05, 3.63) is 11.1 Å². The van der Waals surface area contributed by atoms with Gasteiger partial charge in [0.15, 0.2) is 11.7 Å². The fourth-order valence-electron chi connectivity index (χ4n) is 2.17. The SMILES string of the molecule is CCOC(=O)/C(=N/OCC(=O)N1CCCCC1)c1csc(N)n1. The maximum Gasteiger partial charge on any atom is 0.362 e. The molecule has 0 saturated carbocycles. The number of amides is 1. The first kappa shape index (κ1) is 17.2. The zero-order valence-corrected chi connectivity index (χ0v) is 13.8. The molecule has 126 valence electrons. The van der Waals surface area contributed by atoms with Gasteiger partial charge in [-0.25, -0.2) is 9.78 Å². The Morgan fingerprint density at radius 1 is 1.39 bits per heavy atom. The normalized spacial score (nSPS) is 15.3. The third-order valence-corrected chi connectivity index (χ3v) is 3.96. The Labute approximate surface area is 138 Å². The summed E-state index contributed by atoms with van der Waals surface area (Å²) in [5, 5.41) is 5.63. The number of anilines is 1. The van der Waals surface area contributed by atoms with Crippen molar-refractivity contribution in [2.24, 2.45) is 5.16 Å². The van der Waals surface area contributed by atoms with Crippen LogP contribution in [0.2, 0.25) is 0 Å². The minimum absolute atomic E-state index is 0.0914. The van der Waals surface area contributed by atoms with Crippen LogP contribution in [-0.4, -0.2) is 53.8 Å². The quantitative estimate of drug-likeness (QED) is 0.471. The number of ether oxygens (including phenoxy) is 1. The van der Waals surface area contributed by atoms with Gasteiger partial charge in [0.05, 0.1) is 6.61 Å². The van der Waals surface area contributed by atoms with Crippen molar-refractivity contribution >= 4 is 34.1 Å². The van der Waals surface area contributed by atoms with Crippen molar-refractivity contribution in [1.82, 2.24) is 9.88 Å². The molecule has 1 amide bonds. The van der Waals surface area contributed by atoms with Gasteiger partial charge in [-0.05, 0) is 26.2 Å². The number of hydrogen-bond acceptors (Lipinski definition) is 8. The lowest BCUT2D eigenvalue weighted by atomic mass is 10.1. The van der Waals surface area contributed by atoms with Crippen molar-refractivity contribution in [3.63, 3.8) is 0 Å². The van der Waals surface area contributed by atoms with Crippen molar-refractivity contribution in [3.8, 4) is 0 Å². The number of oxime groups is 1. The maximum absolute atomic E-state index is 12.0. The maximum atomic E-state index is 12.0. The molecule has 1 aliphatic heterocycles. The van der Waals surface area contributed by atoms with Gasteiger partial charge in [-0.3, -0.25) is 4.79 Å². The lowest BCUT2D eigenvalue weighted by molar-refractivity contribution is -0.138. The molecule has 23 heavy (non-hydrogen) atoms. The van der Waals surface area contributed by atoms with E-state index in [-0.39, 0.29) is 30.5 Å². The van der Waals surface area contributed by atoms with Crippen LogP contribution in [0.3, 0.4) is 0 Å². The molecule has 9 heteroatoms. The van der Waals surface area contributed by atoms with E-state index in [1.165, 1.54) is 11.3 Å². The number of hydrogen-bond donors (Lipinski definition) is 1. The van der Waals surface area contributed by atoms with E-state index in [4.69, 9.17) is 15.3 Å². The van der Waals surface area contributed by atoms with Gasteiger partial charge in [-0.15, -0.1) is 11.3 Å². The molecular weight excluding hydrogens is 320 g/mol. The van der Waals surface area contributed by atoms with Gasteiger partial charge in [-0.2, -0.15) is 0 Å². The van der Waals surface area contributed by atoms with Gasteiger partial charge in [0.2, 0.25) is 5.71 Å². The second-order valence-electron chi connectivity index (χ2n) is 4.95. The molecule has 0 bridgehead atoms. The lowest BCUT2D eigenvalue weighted by Gasteiger charge is -2.26. The zero-order chi connectivity index (χ0) is 16.7. The van der Waals surface area contributed by atoms with E-state index in [0.29, 0.717) is 5.13 Å². The van der Waals surface area contributed by atoms with E-state index < -0.39 is 5.97 Å². The van der Waals surface area contributed by atoms with Crippen LogP contribution in [0.25, 0.3) is 0 Å². The molecule has 2 N–H and O–H groups in total. The van der Waals surface area contributed by atoms with Crippen LogP contribution in [0, 0.1) is 0 Å². The predicted octanol–water partition coefficient (Wildman–Crippen LogP) is 1.02. The number of aromatic nitrogens is 1. The van der Waals surface area contributed by atoms with E-state index in [2.05, 4.69) is 10.1 Å². The highest BCUT2D eigenvalue weighted by molar-refractivity contribution is 7.13. The van der Waals surface area contributed by atoms with Gasteiger partial charge in [0.1, 0.15) is 5.69 Å². The summed E-state index contributed by atoms with van der Waals surface area (Å²) in [5.41, 5.74) is 5.75.